The summed E-state index contributed by atoms with van der Waals surface area (Å²) in [5.74, 6) is 1.20. The van der Waals surface area contributed by atoms with Gasteiger partial charge in [-0.1, -0.05) is 19.3 Å². The predicted molar refractivity (Wildman–Crippen MR) is 122 cm³/mol. The van der Waals surface area contributed by atoms with Crippen LogP contribution in [0.3, 0.4) is 0 Å². The molecule has 2 atom stereocenters. The Morgan fingerprint density at radius 1 is 1.16 bits per heavy atom. The molecule has 0 N–H and O–H groups in total. The maximum Gasteiger partial charge on any atom is 0.414 e. The zero-order valence-electron chi connectivity index (χ0n) is 18.9. The topological polar surface area (TPSA) is 56.6 Å². The van der Waals surface area contributed by atoms with Crippen molar-refractivity contribution in [3.8, 4) is 0 Å². The molecule has 168 valence electrons. The van der Waals surface area contributed by atoms with Crippen molar-refractivity contribution < 1.29 is 14.3 Å². The van der Waals surface area contributed by atoms with E-state index in [0.29, 0.717) is 12.1 Å². The summed E-state index contributed by atoms with van der Waals surface area (Å²) >= 11 is 0. The summed E-state index contributed by atoms with van der Waals surface area (Å²) < 4.78 is 13.5. The minimum absolute atomic E-state index is 0.136. The summed E-state index contributed by atoms with van der Waals surface area (Å²) in [6.45, 7) is 3.00. The Morgan fingerprint density at radius 3 is 2.74 bits per heavy atom. The molecule has 0 spiro atoms. The van der Waals surface area contributed by atoms with E-state index >= 15 is 0 Å². The SMILES string of the molecule is COC(=O)N1c2ccc3c(nc(CC[C@H]4CCCO4)n3C3CCCCC3)c2CC[C@@H]1C. The van der Waals surface area contributed by atoms with Gasteiger partial charge in [0.25, 0.3) is 0 Å². The van der Waals surface area contributed by atoms with Crippen LogP contribution in [-0.4, -0.2) is 41.5 Å². The quantitative estimate of drug-likeness (QED) is 0.643. The molecule has 1 aliphatic carbocycles. The molecule has 1 saturated heterocycles. The third-order valence-electron chi connectivity index (χ3n) is 7.55. The number of aryl methyl sites for hydroxylation is 2. The van der Waals surface area contributed by atoms with E-state index < -0.39 is 0 Å². The minimum Gasteiger partial charge on any atom is -0.452 e. The van der Waals surface area contributed by atoms with Crippen LogP contribution in [-0.2, 0) is 22.3 Å². The maximum absolute atomic E-state index is 12.5. The maximum atomic E-state index is 12.5. The standard InChI is InChI=1S/C25H35N3O3/c1-17-10-12-20-21(27(17)25(29)30-2)13-14-22-24(20)26-23(15-11-19-9-6-16-31-19)28(22)18-7-4-3-5-8-18/h13-14,17-19H,3-12,15-16H2,1-2H3/t17-,19+/m0/s1. The summed E-state index contributed by atoms with van der Waals surface area (Å²) in [5.41, 5.74) is 4.50. The monoisotopic (exact) mass is 425 g/mol. The number of benzene rings is 1. The Bertz CT molecular complexity index is 941. The molecule has 3 aliphatic rings. The normalized spacial score (nSPS) is 24.5. The van der Waals surface area contributed by atoms with E-state index in [2.05, 4.69) is 23.6 Å². The van der Waals surface area contributed by atoms with Gasteiger partial charge in [0.2, 0.25) is 0 Å². The lowest BCUT2D eigenvalue weighted by molar-refractivity contribution is 0.104. The molecule has 1 saturated carbocycles. The van der Waals surface area contributed by atoms with Gasteiger partial charge in [0.1, 0.15) is 5.82 Å². The lowest BCUT2D eigenvalue weighted by Crippen LogP contribution is -2.42. The van der Waals surface area contributed by atoms with Crippen molar-refractivity contribution in [2.24, 2.45) is 0 Å². The number of amides is 1. The van der Waals surface area contributed by atoms with Crippen LogP contribution in [0, 0.1) is 0 Å². The summed E-state index contributed by atoms with van der Waals surface area (Å²) in [5, 5.41) is 0. The molecule has 2 aliphatic heterocycles. The number of imidazole rings is 1. The summed E-state index contributed by atoms with van der Waals surface area (Å²) in [4.78, 5) is 19.6. The number of carbonyl (C=O) groups is 1. The highest BCUT2D eigenvalue weighted by molar-refractivity contribution is 5.95. The second kappa shape index (κ2) is 8.81. The third kappa shape index (κ3) is 3.84. The number of anilines is 1. The highest BCUT2D eigenvalue weighted by atomic mass is 16.5. The number of methoxy groups -OCH3 is 1. The summed E-state index contributed by atoms with van der Waals surface area (Å²) in [6, 6.07) is 4.99. The molecule has 1 aromatic carbocycles. The average molecular weight is 426 g/mol. The van der Waals surface area contributed by atoms with Gasteiger partial charge in [0.15, 0.2) is 0 Å². The molecular formula is C25H35N3O3. The Labute approximate surface area is 184 Å². The number of fused-ring (bicyclic) bond motifs is 3. The lowest BCUT2D eigenvalue weighted by Gasteiger charge is -2.34. The van der Waals surface area contributed by atoms with Gasteiger partial charge < -0.3 is 14.0 Å². The van der Waals surface area contributed by atoms with Gasteiger partial charge in [0.05, 0.1) is 29.9 Å². The first-order chi connectivity index (χ1) is 15.2. The van der Waals surface area contributed by atoms with Gasteiger partial charge in [-0.25, -0.2) is 9.78 Å². The smallest absolute Gasteiger partial charge is 0.414 e. The van der Waals surface area contributed by atoms with Crippen molar-refractivity contribution in [2.75, 3.05) is 18.6 Å². The third-order valence-corrected chi connectivity index (χ3v) is 7.55. The zero-order chi connectivity index (χ0) is 21.4. The zero-order valence-corrected chi connectivity index (χ0v) is 18.9. The molecule has 0 radical (unpaired) electrons. The summed E-state index contributed by atoms with van der Waals surface area (Å²) in [7, 11) is 1.46. The second-order valence-corrected chi connectivity index (χ2v) is 9.52. The molecular weight excluding hydrogens is 390 g/mol. The van der Waals surface area contributed by atoms with Crippen molar-refractivity contribution in [1.82, 2.24) is 9.55 Å². The van der Waals surface area contributed by atoms with Crippen molar-refractivity contribution in [1.29, 1.82) is 0 Å². The first-order valence-corrected chi connectivity index (χ1v) is 12.2. The molecule has 0 unspecified atom stereocenters. The Morgan fingerprint density at radius 2 is 2.00 bits per heavy atom. The molecule has 5 rings (SSSR count). The minimum atomic E-state index is -0.280. The number of carbonyl (C=O) groups excluding carboxylic acids is 1. The predicted octanol–water partition coefficient (Wildman–Crippen LogP) is 5.56. The number of aromatic nitrogens is 2. The molecule has 1 aromatic heterocycles. The van der Waals surface area contributed by atoms with Gasteiger partial charge in [0, 0.05) is 30.7 Å². The van der Waals surface area contributed by atoms with Crippen molar-refractivity contribution in [3.05, 3.63) is 23.5 Å². The fourth-order valence-corrected chi connectivity index (χ4v) is 5.91. The van der Waals surface area contributed by atoms with Crippen LogP contribution in [0.1, 0.15) is 82.1 Å². The lowest BCUT2D eigenvalue weighted by atomic mass is 9.94. The number of hydrogen-bond acceptors (Lipinski definition) is 4. The van der Waals surface area contributed by atoms with Gasteiger partial charge in [-0.05, 0) is 64.0 Å². The van der Waals surface area contributed by atoms with Gasteiger partial charge in [-0.2, -0.15) is 0 Å². The molecule has 2 aromatic rings. The van der Waals surface area contributed by atoms with Gasteiger partial charge in [-0.15, -0.1) is 0 Å². The van der Waals surface area contributed by atoms with E-state index in [1.165, 1.54) is 69.0 Å². The molecule has 1 amide bonds. The van der Waals surface area contributed by atoms with Crippen LogP contribution in [0.4, 0.5) is 10.5 Å². The Hall–Kier alpha value is -2.08. The van der Waals surface area contributed by atoms with Gasteiger partial charge >= 0.3 is 6.09 Å². The Balaban J connectivity index is 1.57. The summed E-state index contributed by atoms with van der Waals surface area (Å²) in [6.07, 6.45) is 12.8. The number of hydrogen-bond donors (Lipinski definition) is 0. The van der Waals surface area contributed by atoms with Crippen LogP contribution in [0.25, 0.3) is 11.0 Å². The van der Waals surface area contributed by atoms with E-state index in [9.17, 15) is 4.79 Å². The highest BCUT2D eigenvalue weighted by Gasteiger charge is 2.32. The molecule has 0 bridgehead atoms. The first kappa shape index (κ1) is 20.8. The van der Waals surface area contributed by atoms with E-state index in [0.717, 1.165) is 43.5 Å². The van der Waals surface area contributed by atoms with Crippen LogP contribution >= 0.6 is 0 Å². The van der Waals surface area contributed by atoms with E-state index in [1.54, 1.807) is 0 Å². The fraction of sp³-hybridized carbons (Fsp3) is 0.680. The molecule has 6 nitrogen and oxygen atoms in total. The van der Waals surface area contributed by atoms with Crippen LogP contribution in [0.2, 0.25) is 0 Å². The first-order valence-electron chi connectivity index (χ1n) is 12.2. The van der Waals surface area contributed by atoms with Gasteiger partial charge in [-0.3, -0.25) is 4.90 Å². The fourth-order valence-electron chi connectivity index (χ4n) is 5.91. The molecule has 6 heteroatoms. The highest BCUT2D eigenvalue weighted by Crippen LogP contribution is 2.39. The Kier molecular flexibility index (Phi) is 5.91. The van der Waals surface area contributed by atoms with E-state index in [4.69, 9.17) is 14.5 Å². The number of nitrogens with zero attached hydrogens (tertiary/aromatic N) is 3. The van der Waals surface area contributed by atoms with E-state index in [1.807, 2.05) is 4.90 Å². The average Bonchev–Trinajstić information content (AvgIpc) is 3.45. The molecule has 3 heterocycles. The largest absolute Gasteiger partial charge is 0.452 e. The van der Waals surface area contributed by atoms with Crippen LogP contribution in [0.15, 0.2) is 12.1 Å². The number of ether oxygens (including phenoxy) is 2. The van der Waals surface area contributed by atoms with E-state index in [-0.39, 0.29) is 12.1 Å². The number of rotatable bonds is 4. The van der Waals surface area contributed by atoms with Crippen LogP contribution < -0.4 is 4.90 Å². The molecule has 2 fully saturated rings. The van der Waals surface area contributed by atoms with Crippen LogP contribution in [0.5, 0.6) is 0 Å². The molecule has 31 heavy (non-hydrogen) atoms. The van der Waals surface area contributed by atoms with Crippen molar-refractivity contribution >= 4 is 22.8 Å². The second-order valence-electron chi connectivity index (χ2n) is 9.52. The van der Waals surface area contributed by atoms with Crippen molar-refractivity contribution in [2.45, 2.75) is 95.7 Å². The van der Waals surface area contributed by atoms with Crippen molar-refractivity contribution in [3.63, 3.8) is 0 Å².